The summed E-state index contributed by atoms with van der Waals surface area (Å²) in [7, 11) is 1.66. The van der Waals surface area contributed by atoms with Crippen LogP contribution in [0.25, 0.3) is 0 Å². The van der Waals surface area contributed by atoms with Crippen molar-refractivity contribution >= 4 is 15.9 Å². The van der Waals surface area contributed by atoms with E-state index < -0.39 is 0 Å². The molecule has 17 heavy (non-hydrogen) atoms. The number of benzene rings is 1. The van der Waals surface area contributed by atoms with E-state index in [0.717, 1.165) is 22.4 Å². The van der Waals surface area contributed by atoms with Gasteiger partial charge in [-0.15, -0.1) is 0 Å². The Morgan fingerprint density at radius 1 is 1.18 bits per heavy atom. The fraction of sp³-hybridized carbons (Fsp3) is 0.231. The normalized spacial score (nSPS) is 12.5. The molecule has 2 rings (SSSR count). The van der Waals surface area contributed by atoms with Crippen molar-refractivity contribution in [3.8, 4) is 5.75 Å². The maximum atomic E-state index is 4.98. The second kappa shape index (κ2) is 7.79. The van der Waals surface area contributed by atoms with Crippen LogP contribution in [0, 0.1) is 0 Å². The van der Waals surface area contributed by atoms with Gasteiger partial charge < -0.3 is 14.2 Å². The minimum Gasteiger partial charge on any atom is -0.497 e. The molecule has 1 aliphatic heterocycles. The molecule has 0 unspecified atom stereocenters. The van der Waals surface area contributed by atoms with Crippen LogP contribution in [0.15, 0.2) is 53.3 Å². The maximum absolute atomic E-state index is 4.98. The fourth-order valence-corrected chi connectivity index (χ4v) is 1.29. The number of hydrogen-bond acceptors (Lipinski definition) is 3. The first kappa shape index (κ1) is 13.6. The lowest BCUT2D eigenvalue weighted by molar-refractivity contribution is 0.249. The molecule has 0 saturated carbocycles. The van der Waals surface area contributed by atoms with Crippen molar-refractivity contribution in [3.63, 3.8) is 0 Å². The molecule has 1 heterocycles. The number of rotatable bonds is 2. The van der Waals surface area contributed by atoms with E-state index in [0.29, 0.717) is 0 Å². The van der Waals surface area contributed by atoms with Crippen LogP contribution in [-0.2, 0) is 9.47 Å². The second-order valence-electron chi connectivity index (χ2n) is 3.12. The van der Waals surface area contributed by atoms with Gasteiger partial charge >= 0.3 is 0 Å². The van der Waals surface area contributed by atoms with Gasteiger partial charge in [0.05, 0.1) is 7.11 Å². The van der Waals surface area contributed by atoms with E-state index in [2.05, 4.69) is 15.9 Å². The number of hydrogen-bond donors (Lipinski definition) is 0. The summed E-state index contributed by atoms with van der Waals surface area (Å²) in [6.07, 6.45) is 5.50. The Hall–Kier alpha value is -1.42. The molecule has 4 heteroatoms. The van der Waals surface area contributed by atoms with Crippen LogP contribution in [0.4, 0.5) is 0 Å². The van der Waals surface area contributed by atoms with Gasteiger partial charge in [-0.2, -0.15) is 0 Å². The van der Waals surface area contributed by atoms with Crippen molar-refractivity contribution in [2.75, 3.05) is 7.11 Å². The van der Waals surface area contributed by atoms with Crippen molar-refractivity contribution in [2.45, 2.75) is 13.3 Å². The van der Waals surface area contributed by atoms with Gasteiger partial charge in [0.25, 0.3) is 0 Å². The minimum atomic E-state index is 0.868. The lowest BCUT2D eigenvalue weighted by Crippen LogP contribution is -1.88. The highest BCUT2D eigenvalue weighted by molar-refractivity contribution is 9.10. The summed E-state index contributed by atoms with van der Waals surface area (Å²) < 4.78 is 15.8. The summed E-state index contributed by atoms with van der Waals surface area (Å²) in [4.78, 5) is 0. The molecule has 1 aromatic carbocycles. The van der Waals surface area contributed by atoms with Gasteiger partial charge in [0, 0.05) is 10.9 Å². The first-order valence-electron chi connectivity index (χ1n) is 5.22. The molecule has 0 atom stereocenters. The molecule has 0 aromatic heterocycles. The van der Waals surface area contributed by atoms with E-state index in [4.69, 9.17) is 14.2 Å². The standard InChI is InChI=1S/C7H7BrO.C6H8O2/c1-9-7-4-2-6(8)3-5-7;1-2-6-5-7-3-4-8-6/h2-5H,1H3;3-5H,2H2,1H3. The predicted molar refractivity (Wildman–Crippen MR) is 70.4 cm³/mol. The van der Waals surface area contributed by atoms with E-state index in [-0.39, 0.29) is 0 Å². The zero-order valence-electron chi connectivity index (χ0n) is 9.85. The topological polar surface area (TPSA) is 27.7 Å². The molecule has 0 aliphatic carbocycles. The van der Waals surface area contributed by atoms with E-state index >= 15 is 0 Å². The lowest BCUT2D eigenvalue weighted by Gasteiger charge is -2.05. The Bertz CT molecular complexity index is 382. The van der Waals surface area contributed by atoms with Crippen LogP contribution in [0.3, 0.4) is 0 Å². The molecular weight excluding hydrogens is 284 g/mol. The van der Waals surface area contributed by atoms with Gasteiger partial charge in [0.15, 0.2) is 0 Å². The smallest absolute Gasteiger partial charge is 0.138 e. The molecule has 0 amide bonds. The van der Waals surface area contributed by atoms with Crippen LogP contribution >= 0.6 is 15.9 Å². The molecule has 0 bridgehead atoms. The highest BCUT2D eigenvalue weighted by Crippen LogP contribution is 2.14. The number of halogens is 1. The molecule has 1 aliphatic rings. The molecule has 92 valence electrons. The monoisotopic (exact) mass is 298 g/mol. The van der Waals surface area contributed by atoms with E-state index in [1.54, 1.807) is 13.4 Å². The molecule has 0 N–H and O–H groups in total. The Morgan fingerprint density at radius 2 is 1.88 bits per heavy atom. The molecule has 1 aromatic rings. The molecular formula is C13H15BrO3. The number of allylic oxidation sites excluding steroid dienone is 1. The summed E-state index contributed by atoms with van der Waals surface area (Å²) in [5.74, 6) is 1.76. The quantitative estimate of drug-likeness (QED) is 0.818. The third-order valence-corrected chi connectivity index (χ3v) is 2.48. The average molecular weight is 299 g/mol. The SMILES string of the molecule is CCC1=COC=CO1.COc1ccc(Br)cc1. The van der Waals surface area contributed by atoms with Crippen LogP contribution in [0.2, 0.25) is 0 Å². The lowest BCUT2D eigenvalue weighted by atomic mass is 10.3. The highest BCUT2D eigenvalue weighted by atomic mass is 79.9. The fourth-order valence-electron chi connectivity index (χ4n) is 1.03. The van der Waals surface area contributed by atoms with Crippen molar-refractivity contribution in [1.29, 1.82) is 0 Å². The first-order chi connectivity index (χ1) is 8.26. The van der Waals surface area contributed by atoms with Gasteiger partial charge in [-0.1, -0.05) is 22.9 Å². The van der Waals surface area contributed by atoms with E-state index in [9.17, 15) is 0 Å². The van der Waals surface area contributed by atoms with Crippen LogP contribution in [0.5, 0.6) is 5.75 Å². The highest BCUT2D eigenvalue weighted by Gasteiger charge is 1.94. The van der Waals surface area contributed by atoms with E-state index in [1.165, 1.54) is 12.5 Å². The maximum Gasteiger partial charge on any atom is 0.138 e. The Balaban J connectivity index is 0.000000171. The molecule has 0 radical (unpaired) electrons. The number of ether oxygens (including phenoxy) is 3. The molecule has 3 nitrogen and oxygen atoms in total. The molecule has 0 saturated heterocycles. The zero-order chi connectivity index (χ0) is 12.5. The van der Waals surface area contributed by atoms with Gasteiger partial charge in [-0.3, -0.25) is 0 Å². The van der Waals surface area contributed by atoms with Gasteiger partial charge in [0.2, 0.25) is 0 Å². The van der Waals surface area contributed by atoms with Gasteiger partial charge in [-0.05, 0) is 24.3 Å². The second-order valence-corrected chi connectivity index (χ2v) is 4.04. The first-order valence-corrected chi connectivity index (χ1v) is 6.01. The largest absolute Gasteiger partial charge is 0.497 e. The molecule has 0 spiro atoms. The summed E-state index contributed by atoms with van der Waals surface area (Å²) in [5.41, 5.74) is 0. The summed E-state index contributed by atoms with van der Waals surface area (Å²) in [5, 5.41) is 0. The van der Waals surface area contributed by atoms with E-state index in [1.807, 2.05) is 31.2 Å². The van der Waals surface area contributed by atoms with Crippen LogP contribution in [0.1, 0.15) is 13.3 Å². The van der Waals surface area contributed by atoms with Crippen LogP contribution < -0.4 is 4.74 Å². The van der Waals surface area contributed by atoms with Gasteiger partial charge in [-0.25, -0.2) is 0 Å². The van der Waals surface area contributed by atoms with Crippen molar-refractivity contribution in [3.05, 3.63) is 53.3 Å². The third kappa shape index (κ3) is 5.45. The summed E-state index contributed by atoms with van der Waals surface area (Å²) >= 11 is 3.32. The Morgan fingerprint density at radius 3 is 2.29 bits per heavy atom. The summed E-state index contributed by atoms with van der Waals surface area (Å²) in [6.45, 7) is 2.01. The van der Waals surface area contributed by atoms with Crippen LogP contribution in [-0.4, -0.2) is 7.11 Å². The number of methoxy groups -OCH3 is 1. The Labute approximate surface area is 110 Å². The zero-order valence-corrected chi connectivity index (χ0v) is 11.4. The average Bonchev–Trinajstić information content (AvgIpc) is 2.41. The third-order valence-electron chi connectivity index (χ3n) is 1.95. The molecule has 0 fully saturated rings. The minimum absolute atomic E-state index is 0.868. The van der Waals surface area contributed by atoms with Gasteiger partial charge in [0.1, 0.15) is 30.3 Å². The van der Waals surface area contributed by atoms with Crippen molar-refractivity contribution in [2.24, 2.45) is 0 Å². The predicted octanol–water partition coefficient (Wildman–Crippen LogP) is 4.21. The van der Waals surface area contributed by atoms with Crippen molar-refractivity contribution in [1.82, 2.24) is 0 Å². The summed E-state index contributed by atoms with van der Waals surface area (Å²) in [6, 6.07) is 7.70. The Kier molecular flexibility index (Phi) is 6.25. The van der Waals surface area contributed by atoms with Crippen molar-refractivity contribution < 1.29 is 14.2 Å².